The Morgan fingerprint density at radius 1 is 1.57 bits per heavy atom. The molecule has 2 rings (SSSR count). The van der Waals surface area contributed by atoms with Gasteiger partial charge < -0.3 is 0 Å². The van der Waals surface area contributed by atoms with E-state index in [0.717, 1.165) is 5.69 Å². The van der Waals surface area contributed by atoms with Gasteiger partial charge in [0.1, 0.15) is 5.01 Å². The van der Waals surface area contributed by atoms with Crippen LogP contribution in [0.2, 0.25) is 0 Å². The number of nitrogens with one attached hydrogen (secondary N) is 1. The van der Waals surface area contributed by atoms with Crippen LogP contribution >= 0.6 is 34.0 Å². The number of thiazole rings is 1. The zero-order valence-electron chi connectivity index (χ0n) is 8.12. The maximum atomic E-state index is 4.59. The second-order valence-electron chi connectivity index (χ2n) is 3.78. The lowest BCUT2D eigenvalue weighted by Crippen LogP contribution is -2.34. The number of aryl methyl sites for hydroxylation is 1. The van der Waals surface area contributed by atoms with Crippen LogP contribution in [0.15, 0.2) is 5.38 Å². The Labute approximate surface area is 97.8 Å². The van der Waals surface area contributed by atoms with E-state index in [1.165, 1.54) is 41.7 Å². The molecule has 0 spiro atoms. The van der Waals surface area contributed by atoms with E-state index in [1.807, 2.05) is 0 Å². The molecule has 5 heteroatoms. The Balaban J connectivity index is 2.26. The lowest BCUT2D eigenvalue weighted by atomic mass is 10.0. The fraction of sp³-hybridized carbons (Fsp3) is 0.667. The summed E-state index contributed by atoms with van der Waals surface area (Å²) in [5.74, 6) is 0. The zero-order valence-corrected chi connectivity index (χ0v) is 10.6. The third kappa shape index (κ3) is 1.96. The molecule has 14 heavy (non-hydrogen) atoms. The fourth-order valence-electron chi connectivity index (χ4n) is 2.00. The third-order valence-electron chi connectivity index (χ3n) is 2.73. The van der Waals surface area contributed by atoms with E-state index in [1.54, 1.807) is 11.3 Å². The van der Waals surface area contributed by atoms with Crippen molar-refractivity contribution in [2.75, 3.05) is 0 Å². The van der Waals surface area contributed by atoms with Gasteiger partial charge in [-0.15, -0.1) is 11.3 Å². The van der Waals surface area contributed by atoms with Crippen molar-refractivity contribution in [1.82, 2.24) is 9.71 Å². The topological polar surface area (TPSA) is 24.9 Å². The average Bonchev–Trinajstić information content (AvgIpc) is 2.75. The van der Waals surface area contributed by atoms with Gasteiger partial charge in [0.15, 0.2) is 0 Å². The molecular formula is C9H14N2S3. The predicted molar refractivity (Wildman–Crippen MR) is 66.7 cm³/mol. The second-order valence-corrected chi connectivity index (χ2v) is 5.57. The summed E-state index contributed by atoms with van der Waals surface area (Å²) in [4.78, 5) is 4.59. The summed E-state index contributed by atoms with van der Waals surface area (Å²) in [6.07, 6.45) is 4.96. The Kier molecular flexibility index (Phi) is 3.42. The Bertz CT molecular complexity index is 305. The molecule has 1 saturated carbocycles. The van der Waals surface area contributed by atoms with Crippen molar-refractivity contribution >= 4 is 34.0 Å². The molecule has 1 aromatic heterocycles. The summed E-state index contributed by atoms with van der Waals surface area (Å²) in [7, 11) is 1.41. The van der Waals surface area contributed by atoms with Gasteiger partial charge in [-0.2, -0.15) is 0 Å². The molecule has 0 amide bonds. The van der Waals surface area contributed by atoms with E-state index >= 15 is 0 Å². The van der Waals surface area contributed by atoms with E-state index in [-0.39, 0.29) is 5.54 Å². The highest BCUT2D eigenvalue weighted by atomic mass is 33.1. The zero-order chi connectivity index (χ0) is 10.0. The van der Waals surface area contributed by atoms with E-state index in [2.05, 4.69) is 33.7 Å². The van der Waals surface area contributed by atoms with Crippen LogP contribution in [0, 0.1) is 6.92 Å². The molecule has 0 aromatic carbocycles. The van der Waals surface area contributed by atoms with Gasteiger partial charge >= 0.3 is 0 Å². The van der Waals surface area contributed by atoms with Gasteiger partial charge in [-0.3, -0.25) is 0 Å². The van der Waals surface area contributed by atoms with Gasteiger partial charge in [0.05, 0.1) is 5.54 Å². The van der Waals surface area contributed by atoms with E-state index < -0.39 is 0 Å². The lowest BCUT2D eigenvalue weighted by molar-refractivity contribution is 0.423. The maximum absolute atomic E-state index is 4.59. The van der Waals surface area contributed by atoms with Crippen LogP contribution in [0.25, 0.3) is 0 Å². The minimum Gasteiger partial charge on any atom is -0.245 e. The van der Waals surface area contributed by atoms with Gasteiger partial charge in [-0.25, -0.2) is 9.71 Å². The summed E-state index contributed by atoms with van der Waals surface area (Å²) in [5, 5.41) is 3.36. The molecule has 0 radical (unpaired) electrons. The summed E-state index contributed by atoms with van der Waals surface area (Å²) < 4.78 is 3.42. The van der Waals surface area contributed by atoms with Crippen molar-refractivity contribution in [2.45, 2.75) is 38.1 Å². The first-order chi connectivity index (χ1) is 6.77. The Hall–Kier alpha value is 0.290. The summed E-state index contributed by atoms with van der Waals surface area (Å²) in [6, 6.07) is 0. The van der Waals surface area contributed by atoms with Crippen LogP contribution < -0.4 is 4.72 Å². The number of hydrogen-bond acceptors (Lipinski definition) is 5. The third-order valence-corrected chi connectivity index (χ3v) is 4.65. The standard InChI is InChI=1S/C9H14N2S3/c1-7-6-13-8(10-7)9(11-14-12)4-2-3-5-9/h6,11-12H,2-5H2,1H3. The molecule has 1 N–H and O–H groups in total. The largest absolute Gasteiger partial charge is 0.245 e. The molecule has 1 aliphatic carbocycles. The molecule has 1 aliphatic rings. The summed E-state index contributed by atoms with van der Waals surface area (Å²) in [5.41, 5.74) is 1.23. The second kappa shape index (κ2) is 4.43. The number of thiol groups is 1. The normalized spacial score (nSPS) is 20.1. The summed E-state index contributed by atoms with van der Waals surface area (Å²) >= 11 is 5.95. The van der Waals surface area contributed by atoms with Crippen molar-refractivity contribution in [3.63, 3.8) is 0 Å². The molecule has 0 atom stereocenters. The summed E-state index contributed by atoms with van der Waals surface area (Å²) in [6.45, 7) is 2.05. The molecule has 78 valence electrons. The number of hydrogen-bond donors (Lipinski definition) is 2. The monoisotopic (exact) mass is 246 g/mol. The molecule has 0 unspecified atom stereocenters. The first-order valence-electron chi connectivity index (χ1n) is 4.77. The van der Waals surface area contributed by atoms with E-state index in [0.29, 0.717) is 0 Å². The molecule has 1 fully saturated rings. The van der Waals surface area contributed by atoms with Crippen molar-refractivity contribution in [3.05, 3.63) is 16.1 Å². The highest BCUT2D eigenvalue weighted by molar-refractivity contribution is 8.67. The highest BCUT2D eigenvalue weighted by Gasteiger charge is 2.37. The van der Waals surface area contributed by atoms with Crippen LogP contribution in [0.1, 0.15) is 36.4 Å². The molecule has 0 bridgehead atoms. The minimum atomic E-state index is 0.103. The van der Waals surface area contributed by atoms with Gasteiger partial charge in [0, 0.05) is 11.1 Å². The number of aromatic nitrogens is 1. The predicted octanol–water partition coefficient (Wildman–Crippen LogP) is 3.30. The highest BCUT2D eigenvalue weighted by Crippen LogP contribution is 2.41. The smallest absolute Gasteiger partial charge is 0.114 e. The Morgan fingerprint density at radius 2 is 2.29 bits per heavy atom. The van der Waals surface area contributed by atoms with Gasteiger partial charge in [-0.1, -0.05) is 24.5 Å². The first-order valence-corrected chi connectivity index (χ1v) is 7.52. The van der Waals surface area contributed by atoms with Crippen LogP contribution in [0.5, 0.6) is 0 Å². The Morgan fingerprint density at radius 3 is 2.79 bits per heavy atom. The van der Waals surface area contributed by atoms with Crippen molar-refractivity contribution < 1.29 is 0 Å². The van der Waals surface area contributed by atoms with Crippen molar-refractivity contribution in [2.24, 2.45) is 0 Å². The van der Waals surface area contributed by atoms with E-state index in [4.69, 9.17) is 0 Å². The first kappa shape index (κ1) is 10.8. The SMILES string of the molecule is Cc1csc(C2(NSS)CCCC2)n1. The van der Waals surface area contributed by atoms with Crippen molar-refractivity contribution in [1.29, 1.82) is 0 Å². The number of nitrogens with zero attached hydrogens (tertiary/aromatic N) is 1. The van der Waals surface area contributed by atoms with Crippen LogP contribution in [0.4, 0.5) is 0 Å². The molecule has 0 saturated heterocycles. The average molecular weight is 246 g/mol. The molecular weight excluding hydrogens is 232 g/mol. The maximum Gasteiger partial charge on any atom is 0.114 e. The number of rotatable bonds is 3. The lowest BCUT2D eigenvalue weighted by Gasteiger charge is -2.26. The van der Waals surface area contributed by atoms with Gasteiger partial charge in [-0.05, 0) is 30.7 Å². The van der Waals surface area contributed by atoms with Crippen LogP contribution in [0.3, 0.4) is 0 Å². The molecule has 0 aliphatic heterocycles. The van der Waals surface area contributed by atoms with Gasteiger partial charge in [0.25, 0.3) is 0 Å². The quantitative estimate of drug-likeness (QED) is 0.486. The molecule has 1 heterocycles. The van der Waals surface area contributed by atoms with Crippen LogP contribution in [-0.4, -0.2) is 4.98 Å². The molecule has 1 aromatic rings. The van der Waals surface area contributed by atoms with Gasteiger partial charge in [0.2, 0.25) is 0 Å². The van der Waals surface area contributed by atoms with E-state index in [9.17, 15) is 0 Å². The fourth-order valence-corrected chi connectivity index (χ4v) is 4.08. The van der Waals surface area contributed by atoms with Crippen LogP contribution in [-0.2, 0) is 5.54 Å². The molecule has 2 nitrogen and oxygen atoms in total. The van der Waals surface area contributed by atoms with Crippen molar-refractivity contribution in [3.8, 4) is 0 Å². The minimum absolute atomic E-state index is 0.103.